The summed E-state index contributed by atoms with van der Waals surface area (Å²) >= 11 is 0. The number of likely N-dealkylation sites (tertiary alicyclic amines) is 1. The maximum absolute atomic E-state index is 12.2. The monoisotopic (exact) mass is 314 g/mol. The van der Waals surface area contributed by atoms with Crippen LogP contribution in [0, 0.1) is 5.92 Å². The summed E-state index contributed by atoms with van der Waals surface area (Å²) in [7, 11) is 0. The van der Waals surface area contributed by atoms with Crippen LogP contribution in [0.25, 0.3) is 0 Å². The number of hydrogen-bond acceptors (Lipinski definition) is 2. The van der Waals surface area contributed by atoms with Crippen molar-refractivity contribution in [2.24, 2.45) is 5.92 Å². The lowest BCUT2D eigenvalue weighted by Crippen LogP contribution is -2.45. The Bertz CT molecular complexity index is 474. The first-order chi connectivity index (χ1) is 11.3. The van der Waals surface area contributed by atoms with Gasteiger partial charge in [-0.15, -0.1) is 0 Å². The normalized spacial score (nSPS) is 21.2. The van der Waals surface area contributed by atoms with Crippen molar-refractivity contribution in [2.75, 3.05) is 19.6 Å². The molecule has 0 radical (unpaired) electrons. The third-order valence-corrected chi connectivity index (χ3v) is 5.41. The van der Waals surface area contributed by atoms with Crippen molar-refractivity contribution in [2.45, 2.75) is 57.4 Å². The van der Waals surface area contributed by atoms with Gasteiger partial charge in [-0.05, 0) is 56.7 Å². The summed E-state index contributed by atoms with van der Waals surface area (Å²) in [5.41, 5.74) is 1.45. The largest absolute Gasteiger partial charge is 0.352 e. The van der Waals surface area contributed by atoms with Crippen LogP contribution in [0.1, 0.15) is 50.5 Å². The third kappa shape index (κ3) is 5.35. The quantitative estimate of drug-likeness (QED) is 0.903. The highest BCUT2D eigenvalue weighted by Gasteiger charge is 2.22. The Balaban J connectivity index is 1.36. The Hall–Kier alpha value is -1.35. The van der Waals surface area contributed by atoms with Gasteiger partial charge in [-0.3, -0.25) is 9.69 Å². The van der Waals surface area contributed by atoms with Gasteiger partial charge in [-0.2, -0.15) is 0 Å². The number of benzene rings is 1. The molecule has 2 aliphatic rings. The average Bonchev–Trinajstić information content (AvgIpc) is 2.58. The Morgan fingerprint density at radius 2 is 1.70 bits per heavy atom. The highest BCUT2D eigenvalue weighted by Crippen LogP contribution is 2.21. The maximum Gasteiger partial charge on any atom is 0.234 e. The molecule has 0 spiro atoms. The van der Waals surface area contributed by atoms with Crippen molar-refractivity contribution in [1.82, 2.24) is 10.2 Å². The summed E-state index contributed by atoms with van der Waals surface area (Å²) in [6.45, 7) is 2.72. The minimum absolute atomic E-state index is 0.235. The summed E-state index contributed by atoms with van der Waals surface area (Å²) in [6.07, 6.45) is 9.84. The summed E-state index contributed by atoms with van der Waals surface area (Å²) < 4.78 is 0. The van der Waals surface area contributed by atoms with Crippen molar-refractivity contribution in [3.63, 3.8) is 0 Å². The summed E-state index contributed by atoms with van der Waals surface area (Å²) in [5, 5.41) is 3.24. The molecule has 1 aliphatic carbocycles. The van der Waals surface area contributed by atoms with E-state index in [-0.39, 0.29) is 5.91 Å². The number of rotatable bonds is 5. The number of nitrogens with zero attached hydrogens (tertiary/aromatic N) is 1. The minimum atomic E-state index is 0.235. The molecule has 2 fully saturated rings. The predicted molar refractivity (Wildman–Crippen MR) is 94.3 cm³/mol. The lowest BCUT2D eigenvalue weighted by molar-refractivity contribution is -0.123. The first kappa shape index (κ1) is 16.5. The van der Waals surface area contributed by atoms with E-state index in [9.17, 15) is 4.79 Å². The molecule has 1 aromatic rings. The number of amides is 1. The lowest BCUT2D eigenvalue weighted by Gasteiger charge is -2.32. The van der Waals surface area contributed by atoms with Crippen molar-refractivity contribution < 1.29 is 4.79 Å². The third-order valence-electron chi connectivity index (χ3n) is 5.41. The van der Waals surface area contributed by atoms with Gasteiger partial charge in [-0.25, -0.2) is 0 Å². The molecule has 1 aromatic carbocycles. The molecule has 1 aliphatic heterocycles. The van der Waals surface area contributed by atoms with Crippen LogP contribution in [-0.2, 0) is 11.2 Å². The second kappa shape index (κ2) is 8.49. The van der Waals surface area contributed by atoms with Crippen LogP contribution in [0.5, 0.6) is 0 Å². The van der Waals surface area contributed by atoms with Gasteiger partial charge in [0.1, 0.15) is 0 Å². The summed E-state index contributed by atoms with van der Waals surface area (Å²) in [5.74, 6) is 1.01. The van der Waals surface area contributed by atoms with Crippen LogP contribution in [0.3, 0.4) is 0 Å². The molecule has 1 saturated carbocycles. The number of hydrogen-bond donors (Lipinski definition) is 1. The van der Waals surface area contributed by atoms with Crippen LogP contribution in [0.4, 0.5) is 0 Å². The fraction of sp³-hybridized carbons (Fsp3) is 0.650. The van der Waals surface area contributed by atoms with Gasteiger partial charge in [0.25, 0.3) is 0 Å². The van der Waals surface area contributed by atoms with E-state index in [2.05, 4.69) is 40.5 Å². The number of nitrogens with one attached hydrogen (secondary N) is 1. The summed E-state index contributed by atoms with van der Waals surface area (Å²) in [4.78, 5) is 14.5. The van der Waals surface area contributed by atoms with Crippen molar-refractivity contribution in [3.8, 4) is 0 Å². The smallest absolute Gasteiger partial charge is 0.234 e. The first-order valence-corrected chi connectivity index (χ1v) is 9.35. The molecular weight excluding hydrogens is 284 g/mol. The average molecular weight is 314 g/mol. The van der Waals surface area contributed by atoms with Crippen LogP contribution < -0.4 is 5.32 Å². The van der Waals surface area contributed by atoms with Crippen LogP contribution >= 0.6 is 0 Å². The number of carbonyl (C=O) groups excluding carboxylic acids is 1. The standard InChI is InChI=1S/C20H30N2O/c23-20(21-19-9-5-2-6-10-19)16-22-13-11-18(12-14-22)15-17-7-3-1-4-8-17/h1,3-4,7-8,18-19H,2,5-6,9-16H2,(H,21,23). The molecular formula is C20H30N2O. The molecule has 0 atom stereocenters. The zero-order valence-corrected chi connectivity index (χ0v) is 14.2. The predicted octanol–water partition coefficient (Wildman–Crippen LogP) is 3.39. The van der Waals surface area contributed by atoms with E-state index in [0.29, 0.717) is 12.6 Å². The van der Waals surface area contributed by atoms with Crippen molar-refractivity contribution >= 4 is 5.91 Å². The molecule has 0 unspecified atom stereocenters. The molecule has 3 rings (SSSR count). The second-order valence-electron chi connectivity index (χ2n) is 7.31. The molecule has 126 valence electrons. The van der Waals surface area contributed by atoms with E-state index < -0.39 is 0 Å². The molecule has 1 amide bonds. The molecule has 1 N–H and O–H groups in total. The first-order valence-electron chi connectivity index (χ1n) is 9.35. The Morgan fingerprint density at radius 3 is 2.39 bits per heavy atom. The van der Waals surface area contributed by atoms with E-state index in [4.69, 9.17) is 0 Å². The maximum atomic E-state index is 12.2. The molecule has 0 aromatic heterocycles. The van der Waals surface area contributed by atoms with Gasteiger partial charge in [0.15, 0.2) is 0 Å². The fourth-order valence-corrected chi connectivity index (χ4v) is 4.02. The Kier molecular flexibility index (Phi) is 6.09. The van der Waals surface area contributed by atoms with Crippen LogP contribution in [0.2, 0.25) is 0 Å². The van der Waals surface area contributed by atoms with Gasteiger partial charge in [-0.1, -0.05) is 49.6 Å². The molecule has 3 nitrogen and oxygen atoms in total. The van der Waals surface area contributed by atoms with E-state index in [1.54, 1.807) is 0 Å². The highest BCUT2D eigenvalue weighted by molar-refractivity contribution is 5.78. The van der Waals surface area contributed by atoms with Gasteiger partial charge >= 0.3 is 0 Å². The van der Waals surface area contributed by atoms with Crippen molar-refractivity contribution in [3.05, 3.63) is 35.9 Å². The van der Waals surface area contributed by atoms with Gasteiger partial charge < -0.3 is 5.32 Å². The zero-order chi connectivity index (χ0) is 15.9. The number of carbonyl (C=O) groups is 1. The topological polar surface area (TPSA) is 32.3 Å². The highest BCUT2D eigenvalue weighted by atomic mass is 16.2. The molecule has 1 heterocycles. The molecule has 0 bridgehead atoms. The Labute approximate surface area is 140 Å². The van der Waals surface area contributed by atoms with E-state index in [1.165, 1.54) is 56.9 Å². The second-order valence-corrected chi connectivity index (χ2v) is 7.31. The van der Waals surface area contributed by atoms with E-state index >= 15 is 0 Å². The lowest BCUT2D eigenvalue weighted by atomic mass is 9.90. The molecule has 1 saturated heterocycles. The molecule has 23 heavy (non-hydrogen) atoms. The molecule has 3 heteroatoms. The fourth-order valence-electron chi connectivity index (χ4n) is 4.02. The van der Waals surface area contributed by atoms with Gasteiger partial charge in [0, 0.05) is 6.04 Å². The van der Waals surface area contributed by atoms with Gasteiger partial charge in [0.2, 0.25) is 5.91 Å². The van der Waals surface area contributed by atoms with E-state index in [1.807, 2.05) is 0 Å². The van der Waals surface area contributed by atoms with E-state index in [0.717, 1.165) is 19.0 Å². The van der Waals surface area contributed by atoms with Crippen molar-refractivity contribution in [1.29, 1.82) is 0 Å². The number of piperidine rings is 1. The Morgan fingerprint density at radius 1 is 1.00 bits per heavy atom. The van der Waals surface area contributed by atoms with Crippen LogP contribution in [-0.4, -0.2) is 36.5 Å². The van der Waals surface area contributed by atoms with Gasteiger partial charge in [0.05, 0.1) is 6.54 Å². The minimum Gasteiger partial charge on any atom is -0.352 e. The zero-order valence-electron chi connectivity index (χ0n) is 14.2. The summed E-state index contributed by atoms with van der Waals surface area (Å²) in [6, 6.07) is 11.2. The SMILES string of the molecule is O=C(CN1CCC(Cc2ccccc2)CC1)NC1CCCCC1. The van der Waals surface area contributed by atoms with Crippen LogP contribution in [0.15, 0.2) is 30.3 Å².